The predicted molar refractivity (Wildman–Crippen MR) is 110 cm³/mol. The smallest absolute Gasteiger partial charge is 0.243 e. The molecule has 7 heteroatoms. The highest BCUT2D eigenvalue weighted by atomic mass is 16.2. The number of amides is 3. The Morgan fingerprint density at radius 3 is 2.57 bits per heavy atom. The second-order valence-electron chi connectivity index (χ2n) is 7.72. The summed E-state index contributed by atoms with van der Waals surface area (Å²) < 4.78 is 0. The molecule has 4 N–H and O–H groups in total. The minimum absolute atomic E-state index is 0.0596. The van der Waals surface area contributed by atoms with Crippen LogP contribution in [0.25, 0.3) is 0 Å². The van der Waals surface area contributed by atoms with Gasteiger partial charge in [-0.2, -0.15) is 0 Å². The number of primary amides is 1. The lowest BCUT2D eigenvalue weighted by atomic mass is 9.92. The lowest BCUT2D eigenvalue weighted by molar-refractivity contribution is -0.128. The zero-order chi connectivity index (χ0) is 20.7. The molecule has 2 rings (SSSR count). The molecule has 0 aromatic heterocycles. The second kappa shape index (κ2) is 10.2. The largest absolute Gasteiger partial charge is 0.370 e. The third kappa shape index (κ3) is 6.34. The lowest BCUT2D eigenvalue weighted by Gasteiger charge is -2.36. The SMILES string of the molecule is Cc1cccc(C)c1NC(=O)CNC(=O)C(C)N1CCCC(CCC(N)=O)C1. The molecular formula is C21H32N4O3. The average molecular weight is 389 g/mol. The van der Waals surface area contributed by atoms with Gasteiger partial charge in [0.05, 0.1) is 12.6 Å². The monoisotopic (exact) mass is 388 g/mol. The van der Waals surface area contributed by atoms with Crippen molar-refractivity contribution < 1.29 is 14.4 Å². The van der Waals surface area contributed by atoms with E-state index in [1.54, 1.807) is 0 Å². The van der Waals surface area contributed by atoms with Crippen LogP contribution in [0.5, 0.6) is 0 Å². The Morgan fingerprint density at radius 1 is 1.25 bits per heavy atom. The van der Waals surface area contributed by atoms with Crippen molar-refractivity contribution in [1.29, 1.82) is 0 Å². The number of para-hydroxylation sites is 1. The van der Waals surface area contributed by atoms with Crippen molar-refractivity contribution in [3.05, 3.63) is 29.3 Å². The number of rotatable bonds is 8. The summed E-state index contributed by atoms with van der Waals surface area (Å²) in [5.41, 5.74) is 8.01. The fraction of sp³-hybridized carbons (Fsp3) is 0.571. The summed E-state index contributed by atoms with van der Waals surface area (Å²) in [6, 6.07) is 5.51. The lowest BCUT2D eigenvalue weighted by Crippen LogP contribution is -2.50. The van der Waals surface area contributed by atoms with E-state index in [1.807, 2.05) is 39.0 Å². The average Bonchev–Trinajstić information content (AvgIpc) is 2.67. The van der Waals surface area contributed by atoms with Gasteiger partial charge in [0.25, 0.3) is 0 Å². The Balaban J connectivity index is 1.81. The molecule has 0 radical (unpaired) electrons. The number of carbonyl (C=O) groups excluding carboxylic acids is 3. The number of hydrogen-bond donors (Lipinski definition) is 3. The van der Waals surface area contributed by atoms with Crippen molar-refractivity contribution in [3.8, 4) is 0 Å². The first kappa shape index (κ1) is 21.9. The third-order valence-electron chi connectivity index (χ3n) is 5.45. The molecule has 1 aliphatic rings. The van der Waals surface area contributed by atoms with Gasteiger partial charge < -0.3 is 16.4 Å². The highest BCUT2D eigenvalue weighted by Crippen LogP contribution is 2.22. The van der Waals surface area contributed by atoms with Crippen LogP contribution in [0, 0.1) is 19.8 Å². The Bertz CT molecular complexity index is 699. The van der Waals surface area contributed by atoms with Gasteiger partial charge in [0.15, 0.2) is 0 Å². The molecule has 3 amide bonds. The summed E-state index contributed by atoms with van der Waals surface area (Å²) >= 11 is 0. The highest BCUT2D eigenvalue weighted by molar-refractivity contribution is 5.96. The molecule has 1 heterocycles. The first-order chi connectivity index (χ1) is 13.3. The quantitative estimate of drug-likeness (QED) is 0.631. The predicted octanol–water partition coefficient (Wildman–Crippen LogP) is 1.72. The summed E-state index contributed by atoms with van der Waals surface area (Å²) in [5.74, 6) is -0.301. The summed E-state index contributed by atoms with van der Waals surface area (Å²) in [5, 5.41) is 5.61. The molecule has 0 bridgehead atoms. The van der Waals surface area contributed by atoms with E-state index in [0.29, 0.717) is 12.3 Å². The molecule has 154 valence electrons. The van der Waals surface area contributed by atoms with Crippen molar-refractivity contribution in [2.75, 3.05) is 25.0 Å². The molecule has 1 aromatic rings. The van der Waals surface area contributed by atoms with E-state index in [1.165, 1.54) is 0 Å². The zero-order valence-corrected chi connectivity index (χ0v) is 17.1. The first-order valence-corrected chi connectivity index (χ1v) is 9.94. The van der Waals surface area contributed by atoms with Crippen LogP contribution in [0.1, 0.15) is 43.7 Å². The van der Waals surface area contributed by atoms with E-state index in [-0.39, 0.29) is 30.3 Å². The molecule has 1 saturated heterocycles. The third-order valence-corrected chi connectivity index (χ3v) is 5.45. The Kier molecular flexibility index (Phi) is 7.99. The second-order valence-corrected chi connectivity index (χ2v) is 7.72. The van der Waals surface area contributed by atoms with E-state index in [9.17, 15) is 14.4 Å². The number of carbonyl (C=O) groups is 3. The van der Waals surface area contributed by atoms with Crippen molar-refractivity contribution in [2.45, 2.75) is 52.5 Å². The molecule has 2 atom stereocenters. The van der Waals surface area contributed by atoms with E-state index < -0.39 is 0 Å². The first-order valence-electron chi connectivity index (χ1n) is 9.94. The number of nitrogens with zero attached hydrogens (tertiary/aromatic N) is 1. The number of benzene rings is 1. The summed E-state index contributed by atoms with van der Waals surface area (Å²) in [6.07, 6.45) is 3.19. The van der Waals surface area contributed by atoms with E-state index in [0.717, 1.165) is 49.2 Å². The van der Waals surface area contributed by atoms with Gasteiger partial charge in [-0.15, -0.1) is 0 Å². The van der Waals surface area contributed by atoms with Crippen molar-refractivity contribution in [3.63, 3.8) is 0 Å². The van der Waals surface area contributed by atoms with E-state index >= 15 is 0 Å². The van der Waals surface area contributed by atoms with Crippen LogP contribution in [-0.2, 0) is 14.4 Å². The van der Waals surface area contributed by atoms with Crippen LogP contribution >= 0.6 is 0 Å². The van der Waals surface area contributed by atoms with Crippen LogP contribution in [0.3, 0.4) is 0 Å². The topological polar surface area (TPSA) is 105 Å². The highest BCUT2D eigenvalue weighted by Gasteiger charge is 2.27. The van der Waals surface area contributed by atoms with Gasteiger partial charge in [0.1, 0.15) is 0 Å². The number of nitrogens with two attached hydrogens (primary N) is 1. The van der Waals surface area contributed by atoms with Gasteiger partial charge in [-0.25, -0.2) is 0 Å². The minimum atomic E-state index is -0.315. The van der Waals surface area contributed by atoms with Crippen molar-refractivity contribution in [2.24, 2.45) is 11.7 Å². The summed E-state index contributed by atoms with van der Waals surface area (Å²) in [7, 11) is 0. The maximum Gasteiger partial charge on any atom is 0.243 e. The van der Waals surface area contributed by atoms with E-state index in [2.05, 4.69) is 15.5 Å². The van der Waals surface area contributed by atoms with Gasteiger partial charge in [0, 0.05) is 18.7 Å². The number of anilines is 1. The van der Waals surface area contributed by atoms with Gasteiger partial charge in [-0.3, -0.25) is 19.3 Å². The Morgan fingerprint density at radius 2 is 1.93 bits per heavy atom. The van der Waals surface area contributed by atoms with E-state index in [4.69, 9.17) is 5.73 Å². The molecule has 7 nitrogen and oxygen atoms in total. The molecule has 0 spiro atoms. The molecule has 1 aromatic carbocycles. The molecule has 2 unspecified atom stereocenters. The maximum atomic E-state index is 12.5. The summed E-state index contributed by atoms with van der Waals surface area (Å²) in [4.78, 5) is 37.9. The van der Waals surface area contributed by atoms with Crippen LogP contribution in [0.2, 0.25) is 0 Å². The van der Waals surface area contributed by atoms with Crippen molar-refractivity contribution >= 4 is 23.4 Å². The van der Waals surface area contributed by atoms with Gasteiger partial charge in [0.2, 0.25) is 17.7 Å². The van der Waals surface area contributed by atoms with Crippen LogP contribution in [0.4, 0.5) is 5.69 Å². The fourth-order valence-electron chi connectivity index (χ4n) is 3.71. The zero-order valence-electron chi connectivity index (χ0n) is 17.1. The summed E-state index contributed by atoms with van der Waals surface area (Å²) in [6.45, 7) is 7.29. The minimum Gasteiger partial charge on any atom is -0.370 e. The number of hydrogen-bond acceptors (Lipinski definition) is 4. The van der Waals surface area contributed by atoms with Gasteiger partial charge in [-0.1, -0.05) is 18.2 Å². The molecule has 0 saturated carbocycles. The molecule has 0 aliphatic carbocycles. The fourth-order valence-corrected chi connectivity index (χ4v) is 3.71. The normalized spacial score (nSPS) is 18.3. The molecule has 1 aliphatic heterocycles. The van der Waals surface area contributed by atoms with Crippen LogP contribution in [-0.4, -0.2) is 48.3 Å². The number of nitrogens with one attached hydrogen (secondary N) is 2. The maximum absolute atomic E-state index is 12.5. The number of aryl methyl sites for hydroxylation is 2. The number of piperidine rings is 1. The van der Waals surface area contributed by atoms with Crippen molar-refractivity contribution in [1.82, 2.24) is 10.2 Å². The van der Waals surface area contributed by atoms with Crippen LogP contribution < -0.4 is 16.4 Å². The van der Waals surface area contributed by atoms with Gasteiger partial charge >= 0.3 is 0 Å². The molecule has 1 fully saturated rings. The standard InChI is InChI=1S/C21H32N4O3/c1-14-6-4-7-15(2)20(14)24-19(27)12-23-21(28)16(3)25-11-5-8-17(13-25)9-10-18(22)26/h4,6-7,16-17H,5,8-13H2,1-3H3,(H2,22,26)(H,23,28)(H,24,27). The van der Waals surface area contributed by atoms with Gasteiger partial charge in [-0.05, 0) is 63.6 Å². The van der Waals surface area contributed by atoms with Crippen LogP contribution in [0.15, 0.2) is 18.2 Å². The Labute approximate surface area is 167 Å². The molecular weight excluding hydrogens is 356 g/mol. The Hall–Kier alpha value is -2.41. The molecule has 28 heavy (non-hydrogen) atoms. The number of likely N-dealkylation sites (tertiary alicyclic amines) is 1.